The van der Waals surface area contributed by atoms with Crippen molar-refractivity contribution >= 4 is 35.5 Å². The summed E-state index contributed by atoms with van der Waals surface area (Å²) in [7, 11) is -6.47. The molecule has 40 heavy (non-hydrogen) atoms. The Morgan fingerprint density at radius 1 is 0.400 bits per heavy atom. The van der Waals surface area contributed by atoms with Crippen LogP contribution >= 0.6 is 14.3 Å². The van der Waals surface area contributed by atoms with Gasteiger partial charge in [0.15, 0.2) is 14.3 Å². The van der Waals surface area contributed by atoms with E-state index in [0.29, 0.717) is 35.5 Å². The summed E-state index contributed by atoms with van der Waals surface area (Å²) in [6, 6.07) is 41.6. The van der Waals surface area contributed by atoms with Crippen LogP contribution in [0.1, 0.15) is 25.7 Å². The summed E-state index contributed by atoms with van der Waals surface area (Å²) in [4.78, 5) is 0. The zero-order chi connectivity index (χ0) is 26.7. The number of rotatable bonds is 6. The summed E-state index contributed by atoms with van der Waals surface area (Å²) in [6.07, 6.45) is 4.52. The predicted molar refractivity (Wildman–Crippen MR) is 164 cm³/mol. The maximum atomic E-state index is 16.8. The Morgan fingerprint density at radius 2 is 0.625 bits per heavy atom. The Bertz CT molecular complexity index is 1460. The summed E-state index contributed by atoms with van der Waals surface area (Å²) in [5.74, 6) is 2.59. The van der Waals surface area contributed by atoms with Crippen molar-refractivity contribution in [3.63, 3.8) is 0 Å². The van der Waals surface area contributed by atoms with Gasteiger partial charge in [-0.15, -0.1) is 0 Å². The second-order valence-corrected chi connectivity index (χ2v) is 18.9. The first kappa shape index (κ1) is 24.0. The van der Waals surface area contributed by atoms with Crippen LogP contribution in [0.2, 0.25) is 0 Å². The Morgan fingerprint density at radius 3 is 0.850 bits per heavy atom. The average molecular weight is 561 g/mol. The van der Waals surface area contributed by atoms with Crippen LogP contribution in [0.3, 0.4) is 0 Å². The van der Waals surface area contributed by atoms with Gasteiger partial charge in [-0.1, -0.05) is 121 Å². The Kier molecular flexibility index (Phi) is 4.79. The highest BCUT2D eigenvalue weighted by atomic mass is 31.2. The first-order chi connectivity index (χ1) is 19.6. The van der Waals surface area contributed by atoms with Gasteiger partial charge in [-0.2, -0.15) is 0 Å². The van der Waals surface area contributed by atoms with E-state index in [4.69, 9.17) is 0 Å². The third-order valence-electron chi connectivity index (χ3n) is 12.3. The molecule has 200 valence electrons. The lowest BCUT2D eigenvalue weighted by Gasteiger charge is -2.61. The van der Waals surface area contributed by atoms with E-state index in [1.54, 1.807) is 0 Å². The molecule has 0 radical (unpaired) electrons. The molecule has 4 aromatic rings. The minimum absolute atomic E-state index is 0.371. The molecule has 0 saturated heterocycles. The average Bonchev–Trinajstić information content (AvgIpc) is 3.85. The number of benzene rings is 4. The van der Waals surface area contributed by atoms with Crippen LogP contribution in [0.5, 0.6) is 0 Å². The molecule has 4 unspecified atom stereocenters. The molecule has 0 heterocycles. The standard InChI is InChI=1S/C36H34O2P2/c37-39(25-13-5-1-6-14-25,26-15-7-2-8-16-26)35-29-21-23-31-33(29)34-30(35)22-24-32(34)36(31,35)40(38,27-17-9-3-10-18-27)28-19-11-4-12-20-28/h1-20,29-34H,21-24H2. The summed E-state index contributed by atoms with van der Waals surface area (Å²) in [5, 5.41) is 2.92. The van der Waals surface area contributed by atoms with E-state index in [9.17, 15) is 0 Å². The third-order valence-corrected chi connectivity index (χ3v) is 20.7. The molecule has 4 atom stereocenters. The van der Waals surface area contributed by atoms with E-state index in [0.717, 1.165) is 46.9 Å². The highest BCUT2D eigenvalue weighted by Crippen LogP contribution is 2.99. The maximum absolute atomic E-state index is 16.8. The Balaban J connectivity index is 1.45. The molecule has 6 aliphatic rings. The molecular formula is C36H34O2P2. The quantitative estimate of drug-likeness (QED) is 0.243. The van der Waals surface area contributed by atoms with E-state index < -0.39 is 24.6 Å². The van der Waals surface area contributed by atoms with Gasteiger partial charge < -0.3 is 9.13 Å². The fraction of sp³-hybridized carbons (Fsp3) is 0.333. The van der Waals surface area contributed by atoms with E-state index in [1.165, 1.54) is 0 Å². The smallest absolute Gasteiger partial charge is 0.150 e. The molecule has 8 bridgehead atoms. The molecular weight excluding hydrogens is 526 g/mol. The Hall–Kier alpha value is -2.66. The molecule has 0 aliphatic heterocycles. The number of hydrogen-bond acceptors (Lipinski definition) is 2. The molecule has 4 aromatic carbocycles. The second kappa shape index (κ2) is 8.00. The number of hydrogen-bond donors (Lipinski definition) is 0. The van der Waals surface area contributed by atoms with Crippen LogP contribution in [0.15, 0.2) is 121 Å². The van der Waals surface area contributed by atoms with Crippen molar-refractivity contribution in [3.8, 4) is 0 Å². The summed E-state index contributed by atoms with van der Waals surface area (Å²) < 4.78 is 33.6. The monoisotopic (exact) mass is 560 g/mol. The lowest BCUT2D eigenvalue weighted by atomic mass is 9.69. The summed E-state index contributed by atoms with van der Waals surface area (Å²) >= 11 is 0. The zero-order valence-electron chi connectivity index (χ0n) is 22.6. The first-order valence-electron chi connectivity index (χ1n) is 15.1. The molecule has 0 amide bonds. The lowest BCUT2D eigenvalue weighted by molar-refractivity contribution is 0.190. The molecule has 10 rings (SSSR count). The van der Waals surface area contributed by atoms with Crippen molar-refractivity contribution < 1.29 is 9.13 Å². The van der Waals surface area contributed by atoms with E-state index in [1.807, 2.05) is 24.3 Å². The third kappa shape index (κ3) is 2.31. The highest BCUT2D eigenvalue weighted by Gasteiger charge is 2.97. The van der Waals surface area contributed by atoms with Gasteiger partial charge in [0.2, 0.25) is 0 Å². The van der Waals surface area contributed by atoms with Crippen LogP contribution in [0, 0.1) is 35.5 Å². The van der Waals surface area contributed by atoms with Crippen LogP contribution in [0.4, 0.5) is 0 Å². The fourth-order valence-electron chi connectivity index (χ4n) is 12.1. The van der Waals surface area contributed by atoms with Crippen molar-refractivity contribution in [2.24, 2.45) is 35.5 Å². The van der Waals surface area contributed by atoms with Gasteiger partial charge in [-0.3, -0.25) is 0 Å². The van der Waals surface area contributed by atoms with Crippen molar-refractivity contribution in [1.82, 2.24) is 0 Å². The molecule has 0 spiro atoms. The normalized spacial score (nSPS) is 36.5. The minimum Gasteiger partial charge on any atom is -0.313 e. The predicted octanol–water partition coefficient (Wildman–Crippen LogP) is 6.82. The van der Waals surface area contributed by atoms with Gasteiger partial charge in [0.1, 0.15) is 0 Å². The van der Waals surface area contributed by atoms with E-state index in [-0.39, 0.29) is 0 Å². The molecule has 6 fully saturated rings. The SMILES string of the molecule is O=P(c1ccccc1)(c1ccccc1)C12C3CCC4C3C3C1CCC3C42P(=O)(c1ccccc1)c1ccccc1. The molecule has 4 heteroatoms. The molecule has 2 nitrogen and oxygen atoms in total. The first-order valence-corrected chi connectivity index (χ1v) is 18.5. The Labute approximate surface area is 237 Å². The molecule has 0 aromatic heterocycles. The highest BCUT2D eigenvalue weighted by molar-refractivity contribution is 7.84. The van der Waals surface area contributed by atoms with E-state index >= 15 is 9.13 Å². The van der Waals surface area contributed by atoms with Crippen LogP contribution in [-0.2, 0) is 9.13 Å². The maximum Gasteiger partial charge on any atom is 0.150 e. The summed E-state index contributed by atoms with van der Waals surface area (Å²) in [6.45, 7) is 0. The minimum atomic E-state index is -3.23. The van der Waals surface area contributed by atoms with Gasteiger partial charge in [0.25, 0.3) is 0 Å². The fourth-order valence-corrected chi connectivity index (χ4v) is 22.3. The zero-order valence-corrected chi connectivity index (χ0v) is 24.3. The van der Waals surface area contributed by atoms with Gasteiger partial charge >= 0.3 is 0 Å². The van der Waals surface area contributed by atoms with Crippen molar-refractivity contribution in [3.05, 3.63) is 121 Å². The van der Waals surface area contributed by atoms with Crippen molar-refractivity contribution in [1.29, 1.82) is 0 Å². The van der Waals surface area contributed by atoms with E-state index in [2.05, 4.69) is 97.1 Å². The topological polar surface area (TPSA) is 34.1 Å². The van der Waals surface area contributed by atoms with Crippen LogP contribution in [0.25, 0.3) is 0 Å². The van der Waals surface area contributed by atoms with Crippen LogP contribution < -0.4 is 21.2 Å². The molecule has 6 aliphatic carbocycles. The van der Waals surface area contributed by atoms with Crippen molar-refractivity contribution in [2.45, 2.75) is 36.0 Å². The van der Waals surface area contributed by atoms with Gasteiger partial charge in [-0.25, -0.2) is 0 Å². The van der Waals surface area contributed by atoms with Crippen molar-refractivity contribution in [2.75, 3.05) is 0 Å². The second-order valence-electron chi connectivity index (χ2n) is 12.9. The molecule has 6 saturated carbocycles. The van der Waals surface area contributed by atoms with Gasteiger partial charge in [0.05, 0.1) is 10.3 Å². The lowest BCUT2D eigenvalue weighted by Crippen LogP contribution is -2.65. The van der Waals surface area contributed by atoms with Gasteiger partial charge in [-0.05, 0) is 61.2 Å². The summed E-state index contributed by atoms with van der Waals surface area (Å²) in [5.41, 5.74) is 0. The van der Waals surface area contributed by atoms with Crippen LogP contribution in [-0.4, -0.2) is 10.3 Å². The largest absolute Gasteiger partial charge is 0.313 e. The van der Waals surface area contributed by atoms with Gasteiger partial charge in [0, 0.05) is 21.2 Å². The molecule has 0 N–H and O–H groups in total.